The lowest BCUT2D eigenvalue weighted by atomic mass is 10.3. The number of carbonyl (C=O) groups is 1. The molecule has 0 aromatic carbocycles. The molecule has 1 aromatic rings. The fourth-order valence-electron chi connectivity index (χ4n) is 0.531. The predicted molar refractivity (Wildman–Crippen MR) is 37.3 cm³/mol. The van der Waals surface area contributed by atoms with Gasteiger partial charge in [0.1, 0.15) is 10.4 Å². The number of rotatable bonds is 1. The molecule has 10 heavy (non-hydrogen) atoms. The van der Waals surface area contributed by atoms with Crippen LogP contribution in [0, 0.1) is 5.82 Å². The highest BCUT2D eigenvalue weighted by Crippen LogP contribution is 2.13. The zero-order valence-electron chi connectivity index (χ0n) is 4.84. The Kier molecular flexibility index (Phi) is 2.11. The fourth-order valence-corrected chi connectivity index (χ4v) is 0.932. The van der Waals surface area contributed by atoms with Gasteiger partial charge in [-0.15, -0.1) is 0 Å². The first-order valence-corrected chi connectivity index (χ1v) is 3.30. The van der Waals surface area contributed by atoms with Gasteiger partial charge in [-0.3, -0.25) is 4.79 Å². The quantitative estimate of drug-likeness (QED) is 0.515. The predicted octanol–water partition coefficient (Wildman–Crippen LogP) is 1.80. The van der Waals surface area contributed by atoms with E-state index in [1.165, 1.54) is 6.20 Å². The number of carbonyl (C=O) groups excluding carboxylic acids is 1. The van der Waals surface area contributed by atoms with Gasteiger partial charge in [0.05, 0.1) is 5.56 Å². The lowest BCUT2D eigenvalue weighted by molar-refractivity contribution is 0.111. The van der Waals surface area contributed by atoms with E-state index < -0.39 is 5.82 Å². The van der Waals surface area contributed by atoms with Gasteiger partial charge in [-0.25, -0.2) is 9.37 Å². The van der Waals surface area contributed by atoms with Crippen molar-refractivity contribution in [2.75, 3.05) is 0 Å². The lowest BCUT2D eigenvalue weighted by Crippen LogP contribution is -1.90. The van der Waals surface area contributed by atoms with E-state index in [4.69, 9.17) is 0 Å². The van der Waals surface area contributed by atoms with Crippen LogP contribution in [0.1, 0.15) is 10.4 Å². The molecular formula is C6H3BrFNO. The fraction of sp³-hybridized carbons (Fsp3) is 0. The molecule has 2 nitrogen and oxygen atoms in total. The Morgan fingerprint density at radius 3 is 2.80 bits per heavy atom. The van der Waals surface area contributed by atoms with Crippen LogP contribution in [0.2, 0.25) is 0 Å². The monoisotopic (exact) mass is 203 g/mol. The van der Waals surface area contributed by atoms with Gasteiger partial charge < -0.3 is 0 Å². The topological polar surface area (TPSA) is 30.0 Å². The Bertz CT molecular complexity index is 244. The smallest absolute Gasteiger partial charge is 0.155 e. The zero-order chi connectivity index (χ0) is 7.56. The van der Waals surface area contributed by atoms with Crippen molar-refractivity contribution in [3.8, 4) is 0 Å². The second kappa shape index (κ2) is 2.88. The van der Waals surface area contributed by atoms with Crippen LogP contribution in [0.3, 0.4) is 0 Å². The first-order valence-electron chi connectivity index (χ1n) is 2.51. The van der Waals surface area contributed by atoms with Gasteiger partial charge in [-0.05, 0) is 22.0 Å². The number of pyridine rings is 1. The number of aromatic nitrogens is 1. The minimum atomic E-state index is -0.558. The van der Waals surface area contributed by atoms with E-state index >= 15 is 0 Å². The number of aldehydes is 1. The van der Waals surface area contributed by atoms with Crippen LogP contribution in [0.5, 0.6) is 0 Å². The Morgan fingerprint density at radius 1 is 1.70 bits per heavy atom. The summed E-state index contributed by atoms with van der Waals surface area (Å²) in [5, 5.41) is 0. The molecule has 1 rings (SSSR count). The summed E-state index contributed by atoms with van der Waals surface area (Å²) in [6, 6.07) is 1.13. The first-order chi connectivity index (χ1) is 4.75. The highest BCUT2D eigenvalue weighted by atomic mass is 79.9. The third-order valence-corrected chi connectivity index (χ3v) is 1.64. The second-order valence-corrected chi connectivity index (χ2v) is 2.37. The van der Waals surface area contributed by atoms with E-state index in [1.807, 2.05) is 0 Å². The molecule has 0 aliphatic carbocycles. The van der Waals surface area contributed by atoms with Crippen LogP contribution >= 0.6 is 15.9 Å². The van der Waals surface area contributed by atoms with Crippen molar-refractivity contribution in [3.05, 3.63) is 28.2 Å². The van der Waals surface area contributed by atoms with Crippen LogP contribution in [-0.4, -0.2) is 11.3 Å². The van der Waals surface area contributed by atoms with Crippen LogP contribution < -0.4 is 0 Å². The van der Waals surface area contributed by atoms with Crippen molar-refractivity contribution in [3.63, 3.8) is 0 Å². The summed E-state index contributed by atoms with van der Waals surface area (Å²) in [5.74, 6) is -0.558. The summed E-state index contributed by atoms with van der Waals surface area (Å²) in [4.78, 5) is 13.8. The summed E-state index contributed by atoms with van der Waals surface area (Å²) in [6.45, 7) is 0. The summed E-state index contributed by atoms with van der Waals surface area (Å²) < 4.78 is 12.8. The molecule has 52 valence electrons. The number of hydrogen-bond donors (Lipinski definition) is 0. The molecule has 0 saturated heterocycles. The van der Waals surface area contributed by atoms with Crippen molar-refractivity contribution in [2.45, 2.75) is 0 Å². The molecule has 0 fully saturated rings. The Hall–Kier alpha value is -0.770. The molecule has 0 atom stereocenters. The minimum Gasteiger partial charge on any atom is -0.298 e. The standard InChI is InChI=1S/C6H3BrFNO/c7-6-4(3-10)5(8)1-2-9-6/h1-3H. The van der Waals surface area contributed by atoms with Crippen molar-refractivity contribution < 1.29 is 9.18 Å². The molecule has 1 heterocycles. The van der Waals surface area contributed by atoms with Crippen molar-refractivity contribution in [1.29, 1.82) is 0 Å². The molecule has 0 radical (unpaired) electrons. The van der Waals surface area contributed by atoms with E-state index in [0.717, 1.165) is 6.07 Å². The molecular weight excluding hydrogens is 201 g/mol. The Balaban J connectivity index is 3.30. The molecule has 4 heteroatoms. The molecule has 0 bridgehead atoms. The minimum absolute atomic E-state index is 0.0394. The largest absolute Gasteiger partial charge is 0.298 e. The van der Waals surface area contributed by atoms with Gasteiger partial charge in [0.25, 0.3) is 0 Å². The molecule has 0 saturated carbocycles. The lowest BCUT2D eigenvalue weighted by Gasteiger charge is -1.93. The maximum absolute atomic E-state index is 12.5. The Morgan fingerprint density at radius 2 is 2.40 bits per heavy atom. The van der Waals surface area contributed by atoms with Gasteiger partial charge >= 0.3 is 0 Å². The van der Waals surface area contributed by atoms with Crippen LogP contribution in [0.4, 0.5) is 4.39 Å². The normalized spacial score (nSPS) is 9.40. The third-order valence-electron chi connectivity index (χ3n) is 1.01. The van der Waals surface area contributed by atoms with Gasteiger partial charge in [0, 0.05) is 6.20 Å². The van der Waals surface area contributed by atoms with Gasteiger partial charge in [0.15, 0.2) is 6.29 Å². The maximum Gasteiger partial charge on any atom is 0.155 e. The molecule has 0 N–H and O–H groups in total. The average Bonchev–Trinajstić information content (AvgIpc) is 1.88. The average molecular weight is 204 g/mol. The van der Waals surface area contributed by atoms with Crippen molar-refractivity contribution in [1.82, 2.24) is 4.98 Å². The third kappa shape index (κ3) is 1.21. The van der Waals surface area contributed by atoms with Gasteiger partial charge in [-0.2, -0.15) is 0 Å². The molecule has 0 unspecified atom stereocenters. The van der Waals surface area contributed by atoms with E-state index in [2.05, 4.69) is 20.9 Å². The van der Waals surface area contributed by atoms with Gasteiger partial charge in [-0.1, -0.05) is 0 Å². The number of hydrogen-bond acceptors (Lipinski definition) is 2. The number of nitrogens with zero attached hydrogens (tertiary/aromatic N) is 1. The van der Waals surface area contributed by atoms with E-state index in [9.17, 15) is 9.18 Å². The summed E-state index contributed by atoms with van der Waals surface area (Å²) >= 11 is 2.92. The highest BCUT2D eigenvalue weighted by molar-refractivity contribution is 9.10. The zero-order valence-corrected chi connectivity index (χ0v) is 6.43. The molecule has 1 aromatic heterocycles. The van der Waals surface area contributed by atoms with Gasteiger partial charge in [0.2, 0.25) is 0 Å². The molecule has 0 aliphatic heterocycles. The molecule has 0 aliphatic rings. The van der Waals surface area contributed by atoms with Crippen LogP contribution in [0.15, 0.2) is 16.9 Å². The second-order valence-electron chi connectivity index (χ2n) is 1.62. The maximum atomic E-state index is 12.5. The van der Waals surface area contributed by atoms with E-state index in [1.54, 1.807) is 0 Å². The summed E-state index contributed by atoms with van der Waals surface area (Å²) in [6.07, 6.45) is 1.71. The Labute approximate surface area is 65.2 Å². The van der Waals surface area contributed by atoms with E-state index in [0.29, 0.717) is 6.29 Å². The van der Waals surface area contributed by atoms with Crippen LogP contribution in [0.25, 0.3) is 0 Å². The first kappa shape index (κ1) is 7.34. The van der Waals surface area contributed by atoms with Crippen LogP contribution in [-0.2, 0) is 0 Å². The van der Waals surface area contributed by atoms with E-state index in [-0.39, 0.29) is 10.2 Å². The molecule has 0 amide bonds. The number of halogens is 2. The summed E-state index contributed by atoms with van der Waals surface area (Å²) in [5.41, 5.74) is -0.0394. The molecule has 0 spiro atoms. The van der Waals surface area contributed by atoms with Crippen molar-refractivity contribution >= 4 is 22.2 Å². The summed E-state index contributed by atoms with van der Waals surface area (Å²) in [7, 11) is 0. The van der Waals surface area contributed by atoms with Crippen molar-refractivity contribution in [2.24, 2.45) is 0 Å². The SMILES string of the molecule is O=Cc1c(F)ccnc1Br. The highest BCUT2D eigenvalue weighted by Gasteiger charge is 2.04.